The highest BCUT2D eigenvalue weighted by molar-refractivity contribution is 5.83. The number of fused-ring (bicyclic) bond motifs is 1. The molecule has 0 amide bonds. The summed E-state index contributed by atoms with van der Waals surface area (Å²) in [4.78, 5) is 16.8. The van der Waals surface area contributed by atoms with E-state index in [1.165, 1.54) is 24.3 Å². The van der Waals surface area contributed by atoms with Crippen LogP contribution >= 0.6 is 0 Å². The average Bonchev–Trinajstić information content (AvgIpc) is 3.08. The Bertz CT molecular complexity index is 1230. The lowest BCUT2D eigenvalue weighted by Crippen LogP contribution is -2.25. The third kappa shape index (κ3) is 4.08. The first-order valence-corrected chi connectivity index (χ1v) is 8.31. The Morgan fingerprint density at radius 3 is 2.48 bits per heavy atom. The first kappa shape index (κ1) is 18.6. The quantitative estimate of drug-likeness (QED) is 0.517. The highest BCUT2D eigenvalue weighted by atomic mass is 19.4. The van der Waals surface area contributed by atoms with Crippen molar-refractivity contribution in [3.63, 3.8) is 0 Å². The molecule has 0 bridgehead atoms. The highest BCUT2D eigenvalue weighted by Crippen LogP contribution is 2.27. The van der Waals surface area contributed by atoms with Gasteiger partial charge in [-0.05, 0) is 42.3 Å². The molecule has 2 aromatic heterocycles. The minimum atomic E-state index is -4.76. The standard InChI is InChI=1S/C18H12F3N5O3/c1-10-22-16(29-24-10)9-26-17(27)14-8-12(4-7-15(14)23-25-26)11-2-5-13(6-3-11)28-18(19,20)21/h2-8H,9H2,1H3. The first-order valence-electron chi connectivity index (χ1n) is 8.31. The molecule has 0 N–H and O–H groups in total. The second-order valence-electron chi connectivity index (χ2n) is 6.09. The molecule has 29 heavy (non-hydrogen) atoms. The molecule has 0 aliphatic carbocycles. The molecule has 0 saturated heterocycles. The van der Waals surface area contributed by atoms with Crippen molar-refractivity contribution in [2.45, 2.75) is 19.8 Å². The maximum absolute atomic E-state index is 12.8. The fraction of sp³-hybridized carbons (Fsp3) is 0.167. The van der Waals surface area contributed by atoms with Crippen LogP contribution in [0.2, 0.25) is 0 Å². The van der Waals surface area contributed by atoms with Gasteiger partial charge < -0.3 is 9.26 Å². The summed E-state index contributed by atoms with van der Waals surface area (Å²) in [6, 6.07) is 10.2. The van der Waals surface area contributed by atoms with Crippen LogP contribution in [0, 0.1) is 6.92 Å². The third-order valence-electron chi connectivity index (χ3n) is 4.00. The van der Waals surface area contributed by atoms with Gasteiger partial charge in [0.1, 0.15) is 17.8 Å². The summed E-state index contributed by atoms with van der Waals surface area (Å²) in [7, 11) is 0. The fourth-order valence-electron chi connectivity index (χ4n) is 2.74. The molecule has 11 heteroatoms. The molecule has 0 radical (unpaired) electrons. The van der Waals surface area contributed by atoms with E-state index >= 15 is 0 Å². The molecule has 4 rings (SSSR count). The Morgan fingerprint density at radius 2 is 1.83 bits per heavy atom. The Labute approximate surface area is 160 Å². The highest BCUT2D eigenvalue weighted by Gasteiger charge is 2.30. The molecule has 2 aromatic carbocycles. The predicted molar refractivity (Wildman–Crippen MR) is 94.1 cm³/mol. The summed E-state index contributed by atoms with van der Waals surface area (Å²) in [6.07, 6.45) is -4.76. The number of halogens is 3. The molecule has 0 atom stereocenters. The molecule has 0 aliphatic rings. The molecule has 0 unspecified atom stereocenters. The summed E-state index contributed by atoms with van der Waals surface area (Å²) in [5.74, 6) is 0.321. The van der Waals surface area contributed by atoms with E-state index in [9.17, 15) is 18.0 Å². The molecule has 148 valence electrons. The zero-order valence-corrected chi connectivity index (χ0v) is 14.8. The Balaban J connectivity index is 1.67. The molecule has 0 saturated carbocycles. The van der Waals surface area contributed by atoms with Crippen molar-refractivity contribution in [3.8, 4) is 16.9 Å². The number of nitrogens with zero attached hydrogens (tertiary/aromatic N) is 5. The van der Waals surface area contributed by atoms with Gasteiger partial charge in [0.25, 0.3) is 5.56 Å². The van der Waals surface area contributed by atoms with Crippen molar-refractivity contribution in [1.82, 2.24) is 25.1 Å². The first-order chi connectivity index (χ1) is 13.8. The van der Waals surface area contributed by atoms with Crippen molar-refractivity contribution in [1.29, 1.82) is 0 Å². The van der Waals surface area contributed by atoms with Gasteiger partial charge in [0.05, 0.1) is 5.39 Å². The van der Waals surface area contributed by atoms with Crippen LogP contribution in [-0.2, 0) is 6.54 Å². The topological polar surface area (TPSA) is 95.9 Å². The molecule has 0 aliphatic heterocycles. The Hall–Kier alpha value is -3.76. The number of hydrogen-bond donors (Lipinski definition) is 0. The maximum atomic E-state index is 12.8. The minimum absolute atomic E-state index is 0.0314. The molecule has 0 fully saturated rings. The number of ether oxygens (including phenoxy) is 1. The second kappa shape index (κ2) is 7.00. The van der Waals surface area contributed by atoms with E-state index in [0.29, 0.717) is 27.9 Å². The monoisotopic (exact) mass is 403 g/mol. The number of aromatic nitrogens is 5. The molecule has 8 nitrogen and oxygen atoms in total. The van der Waals surface area contributed by atoms with E-state index in [1.54, 1.807) is 25.1 Å². The number of aryl methyl sites for hydroxylation is 1. The van der Waals surface area contributed by atoms with Gasteiger partial charge in [0.2, 0.25) is 5.89 Å². The van der Waals surface area contributed by atoms with Crippen molar-refractivity contribution in [3.05, 3.63) is 64.5 Å². The van der Waals surface area contributed by atoms with Gasteiger partial charge in [-0.2, -0.15) is 4.98 Å². The lowest BCUT2D eigenvalue weighted by atomic mass is 10.0. The van der Waals surface area contributed by atoms with Crippen molar-refractivity contribution in [2.75, 3.05) is 0 Å². The molecule has 2 heterocycles. The lowest BCUT2D eigenvalue weighted by molar-refractivity contribution is -0.274. The van der Waals surface area contributed by atoms with Gasteiger partial charge in [-0.3, -0.25) is 4.79 Å². The van der Waals surface area contributed by atoms with Crippen molar-refractivity contribution < 1.29 is 22.4 Å². The van der Waals surface area contributed by atoms with E-state index in [0.717, 1.165) is 4.68 Å². The van der Waals surface area contributed by atoms with Crippen LogP contribution in [0.1, 0.15) is 11.7 Å². The smallest absolute Gasteiger partial charge is 0.406 e. The predicted octanol–water partition coefficient (Wildman–Crippen LogP) is 3.10. The second-order valence-corrected chi connectivity index (χ2v) is 6.09. The molecule has 4 aromatic rings. The molecular weight excluding hydrogens is 391 g/mol. The van der Waals surface area contributed by atoms with Crippen LogP contribution in [0.3, 0.4) is 0 Å². The fourth-order valence-corrected chi connectivity index (χ4v) is 2.74. The van der Waals surface area contributed by atoms with Crippen molar-refractivity contribution >= 4 is 10.9 Å². The summed E-state index contributed by atoms with van der Waals surface area (Å²) < 4.78 is 46.8. The van der Waals surface area contributed by atoms with Crippen LogP contribution in [-0.4, -0.2) is 31.5 Å². The SMILES string of the molecule is Cc1noc(Cn2nnc3ccc(-c4ccc(OC(F)(F)F)cc4)cc3c2=O)n1. The molecule has 0 spiro atoms. The maximum Gasteiger partial charge on any atom is 0.573 e. The van der Waals surface area contributed by atoms with E-state index in [1.807, 2.05) is 0 Å². The van der Waals surface area contributed by atoms with E-state index in [-0.39, 0.29) is 18.2 Å². The number of benzene rings is 2. The summed E-state index contributed by atoms with van der Waals surface area (Å²) in [5, 5.41) is 11.8. The van der Waals surface area contributed by atoms with Gasteiger partial charge in [-0.25, -0.2) is 4.68 Å². The van der Waals surface area contributed by atoms with Crippen LogP contribution in [0.15, 0.2) is 51.8 Å². The zero-order chi connectivity index (χ0) is 20.6. The Morgan fingerprint density at radius 1 is 1.10 bits per heavy atom. The molecular formula is C18H12F3N5O3. The number of hydrogen-bond acceptors (Lipinski definition) is 7. The van der Waals surface area contributed by atoms with Gasteiger partial charge in [-0.15, -0.1) is 18.3 Å². The van der Waals surface area contributed by atoms with Crippen LogP contribution in [0.25, 0.3) is 22.0 Å². The van der Waals surface area contributed by atoms with Crippen LogP contribution < -0.4 is 10.3 Å². The Kier molecular flexibility index (Phi) is 4.49. The largest absolute Gasteiger partial charge is 0.573 e. The lowest BCUT2D eigenvalue weighted by Gasteiger charge is -2.09. The van der Waals surface area contributed by atoms with E-state index in [4.69, 9.17) is 4.52 Å². The average molecular weight is 403 g/mol. The van der Waals surface area contributed by atoms with E-state index in [2.05, 4.69) is 25.2 Å². The summed E-state index contributed by atoms with van der Waals surface area (Å²) in [5.41, 5.74) is 1.21. The number of rotatable bonds is 4. The van der Waals surface area contributed by atoms with Crippen LogP contribution in [0.5, 0.6) is 5.75 Å². The summed E-state index contributed by atoms with van der Waals surface area (Å²) in [6.45, 7) is 1.62. The van der Waals surface area contributed by atoms with Gasteiger partial charge >= 0.3 is 6.36 Å². The van der Waals surface area contributed by atoms with Gasteiger partial charge in [0.15, 0.2) is 5.82 Å². The van der Waals surface area contributed by atoms with Gasteiger partial charge in [0, 0.05) is 0 Å². The normalized spacial score (nSPS) is 11.7. The minimum Gasteiger partial charge on any atom is -0.406 e. The zero-order valence-electron chi connectivity index (χ0n) is 14.8. The van der Waals surface area contributed by atoms with Crippen LogP contribution in [0.4, 0.5) is 13.2 Å². The third-order valence-corrected chi connectivity index (χ3v) is 4.00. The number of alkyl halides is 3. The van der Waals surface area contributed by atoms with E-state index < -0.39 is 11.9 Å². The van der Waals surface area contributed by atoms with Gasteiger partial charge in [-0.1, -0.05) is 28.6 Å². The summed E-state index contributed by atoms with van der Waals surface area (Å²) >= 11 is 0. The van der Waals surface area contributed by atoms with Crippen molar-refractivity contribution in [2.24, 2.45) is 0 Å².